The van der Waals surface area contributed by atoms with Gasteiger partial charge in [-0.05, 0) is 27.2 Å². The number of hydrogen-bond acceptors (Lipinski definition) is 6. The van der Waals surface area contributed by atoms with Crippen LogP contribution in [0.5, 0.6) is 0 Å². The highest BCUT2D eigenvalue weighted by Gasteiger charge is 2.43. The molecule has 1 N–H and O–H groups in total. The molecule has 0 rings (SSSR count). The standard InChI is InChI=1S/C11H23O6P/c1-5-9(10(12)11(13)15-6-2)18(14,16-7-3)17-8-4/h9-10,12H,5-8H2,1-4H3/t9-,10-/m1/s1. The van der Waals surface area contributed by atoms with Crippen LogP contribution in [-0.2, 0) is 23.1 Å². The summed E-state index contributed by atoms with van der Waals surface area (Å²) in [6.07, 6.45) is -1.21. The molecule has 0 bridgehead atoms. The smallest absolute Gasteiger partial charge is 0.336 e. The van der Waals surface area contributed by atoms with Crippen LogP contribution in [0.4, 0.5) is 0 Å². The molecule has 0 unspecified atom stereocenters. The summed E-state index contributed by atoms with van der Waals surface area (Å²) < 4.78 is 27.5. The van der Waals surface area contributed by atoms with Gasteiger partial charge in [0.15, 0.2) is 6.10 Å². The molecule has 18 heavy (non-hydrogen) atoms. The Morgan fingerprint density at radius 2 is 1.61 bits per heavy atom. The molecule has 6 nitrogen and oxygen atoms in total. The minimum atomic E-state index is -3.51. The van der Waals surface area contributed by atoms with E-state index in [1.54, 1.807) is 27.7 Å². The van der Waals surface area contributed by atoms with Gasteiger partial charge in [-0.3, -0.25) is 4.57 Å². The first-order valence-electron chi connectivity index (χ1n) is 6.20. The number of ether oxygens (including phenoxy) is 1. The van der Waals surface area contributed by atoms with E-state index in [9.17, 15) is 14.5 Å². The van der Waals surface area contributed by atoms with Gasteiger partial charge in [0.25, 0.3) is 0 Å². The summed E-state index contributed by atoms with van der Waals surface area (Å²) >= 11 is 0. The van der Waals surface area contributed by atoms with Crippen LogP contribution in [0.15, 0.2) is 0 Å². The van der Waals surface area contributed by atoms with Crippen molar-refractivity contribution in [2.45, 2.75) is 45.9 Å². The van der Waals surface area contributed by atoms with Crippen molar-refractivity contribution >= 4 is 13.6 Å². The third kappa shape index (κ3) is 4.69. The summed E-state index contributed by atoms with van der Waals surface area (Å²) in [5.74, 6) is -0.802. The highest BCUT2D eigenvalue weighted by atomic mass is 31.2. The van der Waals surface area contributed by atoms with Crippen LogP contribution in [0.1, 0.15) is 34.1 Å². The van der Waals surface area contributed by atoms with E-state index in [1.165, 1.54) is 0 Å². The van der Waals surface area contributed by atoms with Crippen LogP contribution >= 0.6 is 7.60 Å². The number of rotatable bonds is 9. The summed E-state index contributed by atoms with van der Waals surface area (Å²) in [6.45, 7) is 7.21. The average molecular weight is 282 g/mol. The van der Waals surface area contributed by atoms with Crippen molar-refractivity contribution in [2.24, 2.45) is 0 Å². The maximum absolute atomic E-state index is 12.5. The second-order valence-electron chi connectivity index (χ2n) is 3.55. The van der Waals surface area contributed by atoms with Crippen LogP contribution in [0.2, 0.25) is 0 Å². The van der Waals surface area contributed by atoms with Gasteiger partial charge in [0.1, 0.15) is 0 Å². The number of aliphatic hydroxyl groups is 1. The Morgan fingerprint density at radius 3 is 1.94 bits per heavy atom. The lowest BCUT2D eigenvalue weighted by atomic mass is 10.2. The van der Waals surface area contributed by atoms with E-state index in [0.29, 0.717) is 0 Å². The van der Waals surface area contributed by atoms with Crippen molar-refractivity contribution in [1.82, 2.24) is 0 Å². The molecule has 0 aliphatic rings. The number of carbonyl (C=O) groups is 1. The zero-order chi connectivity index (χ0) is 14.2. The van der Waals surface area contributed by atoms with Gasteiger partial charge < -0.3 is 18.9 Å². The van der Waals surface area contributed by atoms with Gasteiger partial charge in [-0.2, -0.15) is 0 Å². The Labute approximate surface area is 108 Å². The molecule has 0 aromatic carbocycles. The number of carbonyl (C=O) groups excluding carboxylic acids is 1. The van der Waals surface area contributed by atoms with Crippen molar-refractivity contribution < 1.29 is 28.3 Å². The minimum absolute atomic E-state index is 0.153. The molecular weight excluding hydrogens is 259 g/mol. The Hall–Kier alpha value is -0.420. The molecule has 7 heteroatoms. The van der Waals surface area contributed by atoms with Crippen LogP contribution in [0.3, 0.4) is 0 Å². The second kappa shape index (κ2) is 8.64. The van der Waals surface area contributed by atoms with E-state index < -0.39 is 25.3 Å². The Kier molecular flexibility index (Phi) is 8.44. The monoisotopic (exact) mass is 282 g/mol. The highest BCUT2D eigenvalue weighted by molar-refractivity contribution is 7.54. The lowest BCUT2D eigenvalue weighted by molar-refractivity contribution is -0.153. The largest absolute Gasteiger partial charge is 0.464 e. The fraction of sp³-hybridized carbons (Fsp3) is 0.909. The molecule has 0 amide bonds. The van der Waals surface area contributed by atoms with Crippen molar-refractivity contribution in [2.75, 3.05) is 19.8 Å². The highest BCUT2D eigenvalue weighted by Crippen LogP contribution is 2.55. The number of aliphatic hydroxyl groups excluding tert-OH is 1. The van der Waals surface area contributed by atoms with Gasteiger partial charge in [0, 0.05) is 0 Å². The van der Waals surface area contributed by atoms with Gasteiger partial charge in [-0.15, -0.1) is 0 Å². The summed E-state index contributed by atoms with van der Waals surface area (Å²) in [4.78, 5) is 11.5. The molecule has 0 saturated heterocycles. The van der Waals surface area contributed by atoms with E-state index in [-0.39, 0.29) is 26.2 Å². The van der Waals surface area contributed by atoms with Crippen LogP contribution < -0.4 is 0 Å². The molecule has 0 aliphatic heterocycles. The van der Waals surface area contributed by atoms with Crippen molar-refractivity contribution in [3.63, 3.8) is 0 Å². The van der Waals surface area contributed by atoms with E-state index >= 15 is 0 Å². The Bertz CT molecular complexity index is 283. The Morgan fingerprint density at radius 1 is 1.11 bits per heavy atom. The van der Waals surface area contributed by atoms with Gasteiger partial charge in [-0.1, -0.05) is 6.92 Å². The topological polar surface area (TPSA) is 82.1 Å². The average Bonchev–Trinajstić information content (AvgIpc) is 2.30. The summed E-state index contributed by atoms with van der Waals surface area (Å²) in [6, 6.07) is 0. The molecule has 0 aliphatic carbocycles. The van der Waals surface area contributed by atoms with Gasteiger partial charge in [-0.25, -0.2) is 4.79 Å². The normalized spacial score (nSPS) is 15.2. The molecule has 0 radical (unpaired) electrons. The van der Waals surface area contributed by atoms with E-state index in [4.69, 9.17) is 13.8 Å². The quantitative estimate of drug-likeness (QED) is 0.514. The number of esters is 1. The lowest BCUT2D eigenvalue weighted by Crippen LogP contribution is -2.36. The molecule has 2 atom stereocenters. The zero-order valence-corrected chi connectivity index (χ0v) is 12.3. The molecule has 108 valence electrons. The van der Waals surface area contributed by atoms with Crippen molar-refractivity contribution in [1.29, 1.82) is 0 Å². The molecule has 0 fully saturated rings. The van der Waals surface area contributed by atoms with E-state index in [0.717, 1.165) is 0 Å². The first kappa shape index (κ1) is 17.6. The maximum Gasteiger partial charge on any atom is 0.336 e. The number of hydrogen-bond donors (Lipinski definition) is 1. The molecule has 0 aromatic heterocycles. The van der Waals surface area contributed by atoms with Gasteiger partial charge in [0.2, 0.25) is 0 Å². The fourth-order valence-electron chi connectivity index (χ4n) is 1.59. The summed E-state index contributed by atoms with van der Waals surface area (Å²) in [5.41, 5.74) is -0.906. The maximum atomic E-state index is 12.5. The molecule has 0 heterocycles. The fourth-order valence-corrected chi connectivity index (χ4v) is 3.69. The van der Waals surface area contributed by atoms with Crippen molar-refractivity contribution in [3.8, 4) is 0 Å². The lowest BCUT2D eigenvalue weighted by Gasteiger charge is -2.27. The SMILES string of the molecule is CCOC(=O)[C@H](O)[C@@H](CC)P(=O)(OCC)OCC. The Balaban J connectivity index is 5.00. The van der Waals surface area contributed by atoms with Gasteiger partial charge >= 0.3 is 13.6 Å². The first-order valence-corrected chi connectivity index (χ1v) is 7.81. The summed E-state index contributed by atoms with van der Waals surface area (Å²) in [5, 5.41) is 9.89. The van der Waals surface area contributed by atoms with Crippen LogP contribution in [0, 0.1) is 0 Å². The predicted octanol–water partition coefficient (Wildman–Crippen LogP) is 1.96. The minimum Gasteiger partial charge on any atom is -0.464 e. The van der Waals surface area contributed by atoms with E-state index in [1.807, 2.05) is 0 Å². The van der Waals surface area contributed by atoms with Crippen LogP contribution in [0.25, 0.3) is 0 Å². The molecule has 0 saturated carbocycles. The third-order valence-corrected chi connectivity index (χ3v) is 5.03. The van der Waals surface area contributed by atoms with Crippen molar-refractivity contribution in [3.05, 3.63) is 0 Å². The second-order valence-corrected chi connectivity index (χ2v) is 5.81. The predicted molar refractivity (Wildman–Crippen MR) is 67.6 cm³/mol. The molecular formula is C11H23O6P. The molecule has 0 aromatic rings. The molecule has 0 spiro atoms. The first-order chi connectivity index (χ1) is 8.46. The van der Waals surface area contributed by atoms with Gasteiger partial charge in [0.05, 0.1) is 25.5 Å². The summed E-state index contributed by atoms with van der Waals surface area (Å²) in [7, 11) is -3.51. The third-order valence-electron chi connectivity index (χ3n) is 2.34. The zero-order valence-electron chi connectivity index (χ0n) is 11.4. The van der Waals surface area contributed by atoms with E-state index in [2.05, 4.69) is 0 Å². The van der Waals surface area contributed by atoms with Crippen LogP contribution in [-0.4, -0.2) is 42.7 Å².